The molecule has 0 aliphatic heterocycles. The van der Waals surface area contributed by atoms with E-state index in [1.807, 2.05) is 6.07 Å². The third kappa shape index (κ3) is 5.82. The third-order valence-corrected chi connectivity index (χ3v) is 4.63. The van der Waals surface area contributed by atoms with Gasteiger partial charge in [0.15, 0.2) is 0 Å². The second kappa shape index (κ2) is 10.2. The molecule has 0 bridgehead atoms. The number of nitrogens with one attached hydrogen (secondary N) is 2. The first-order valence-corrected chi connectivity index (χ1v) is 9.67. The first kappa shape index (κ1) is 21.8. The Balaban J connectivity index is 1.72. The van der Waals surface area contributed by atoms with Crippen LogP contribution in [-0.4, -0.2) is 26.0 Å². The molecule has 3 aromatic rings. The van der Waals surface area contributed by atoms with Crippen LogP contribution in [-0.2, 0) is 11.2 Å². The Labute approximate surface area is 180 Å². The van der Waals surface area contributed by atoms with Crippen molar-refractivity contribution in [2.24, 2.45) is 0 Å². The SMILES string of the molecule is COc1cc(NC(=O)c2ccccc2)c(OC)cc1NC(=O)CCc1ccc(F)cc1. The van der Waals surface area contributed by atoms with Gasteiger partial charge in [0.25, 0.3) is 5.91 Å². The molecule has 0 saturated carbocycles. The van der Waals surface area contributed by atoms with E-state index in [4.69, 9.17) is 9.47 Å². The van der Waals surface area contributed by atoms with Gasteiger partial charge in [0, 0.05) is 24.1 Å². The van der Waals surface area contributed by atoms with Crippen molar-refractivity contribution in [3.05, 3.63) is 83.7 Å². The fourth-order valence-electron chi connectivity index (χ4n) is 3.00. The summed E-state index contributed by atoms with van der Waals surface area (Å²) in [6.45, 7) is 0. The average molecular weight is 422 g/mol. The quantitative estimate of drug-likeness (QED) is 0.553. The Morgan fingerprint density at radius 1 is 0.839 bits per heavy atom. The maximum atomic E-state index is 13.0. The van der Waals surface area contributed by atoms with Gasteiger partial charge in [0.2, 0.25) is 5.91 Å². The molecule has 0 aromatic heterocycles. The largest absolute Gasteiger partial charge is 0.494 e. The van der Waals surface area contributed by atoms with Crippen LogP contribution < -0.4 is 20.1 Å². The molecule has 0 saturated heterocycles. The summed E-state index contributed by atoms with van der Waals surface area (Å²) in [7, 11) is 2.94. The Kier molecular flexibility index (Phi) is 7.22. The molecule has 3 rings (SSSR count). The van der Waals surface area contributed by atoms with E-state index in [1.54, 1.807) is 48.5 Å². The van der Waals surface area contributed by atoms with Gasteiger partial charge < -0.3 is 20.1 Å². The molecular formula is C24H23FN2O4. The molecule has 0 heterocycles. The molecule has 2 N–H and O–H groups in total. The summed E-state index contributed by atoms with van der Waals surface area (Å²) in [6.07, 6.45) is 0.681. The number of carbonyl (C=O) groups excluding carboxylic acids is 2. The highest BCUT2D eigenvalue weighted by Crippen LogP contribution is 2.36. The van der Waals surface area contributed by atoms with Crippen LogP contribution in [0.1, 0.15) is 22.3 Å². The number of carbonyl (C=O) groups is 2. The Hall–Kier alpha value is -3.87. The van der Waals surface area contributed by atoms with E-state index in [0.717, 1.165) is 5.56 Å². The third-order valence-electron chi connectivity index (χ3n) is 4.63. The van der Waals surface area contributed by atoms with Gasteiger partial charge in [0.1, 0.15) is 17.3 Å². The lowest BCUT2D eigenvalue weighted by Gasteiger charge is -2.16. The van der Waals surface area contributed by atoms with Crippen LogP contribution >= 0.6 is 0 Å². The average Bonchev–Trinajstić information content (AvgIpc) is 2.79. The highest BCUT2D eigenvalue weighted by Gasteiger charge is 2.16. The fourth-order valence-corrected chi connectivity index (χ4v) is 3.00. The Morgan fingerprint density at radius 3 is 2.00 bits per heavy atom. The smallest absolute Gasteiger partial charge is 0.255 e. The normalized spacial score (nSPS) is 10.3. The fraction of sp³-hybridized carbons (Fsp3) is 0.167. The maximum Gasteiger partial charge on any atom is 0.255 e. The van der Waals surface area contributed by atoms with Gasteiger partial charge in [-0.2, -0.15) is 0 Å². The van der Waals surface area contributed by atoms with Crippen molar-refractivity contribution in [3.63, 3.8) is 0 Å². The van der Waals surface area contributed by atoms with E-state index < -0.39 is 0 Å². The number of aryl methyl sites for hydroxylation is 1. The van der Waals surface area contributed by atoms with Crippen molar-refractivity contribution in [3.8, 4) is 11.5 Å². The highest BCUT2D eigenvalue weighted by molar-refractivity contribution is 6.05. The molecule has 2 amide bonds. The molecule has 0 fully saturated rings. The highest BCUT2D eigenvalue weighted by atomic mass is 19.1. The molecule has 0 spiro atoms. The van der Waals surface area contributed by atoms with Gasteiger partial charge in [0.05, 0.1) is 25.6 Å². The lowest BCUT2D eigenvalue weighted by Crippen LogP contribution is -2.15. The molecule has 7 heteroatoms. The number of methoxy groups -OCH3 is 2. The molecule has 0 atom stereocenters. The predicted molar refractivity (Wildman–Crippen MR) is 117 cm³/mol. The van der Waals surface area contributed by atoms with Crippen LogP contribution in [0, 0.1) is 5.82 Å². The van der Waals surface area contributed by atoms with Crippen LogP contribution in [0.15, 0.2) is 66.7 Å². The van der Waals surface area contributed by atoms with Gasteiger partial charge >= 0.3 is 0 Å². The van der Waals surface area contributed by atoms with Crippen molar-refractivity contribution < 1.29 is 23.5 Å². The number of anilines is 2. The monoisotopic (exact) mass is 422 g/mol. The van der Waals surface area contributed by atoms with Crippen LogP contribution in [0.5, 0.6) is 11.5 Å². The summed E-state index contributed by atoms with van der Waals surface area (Å²) < 4.78 is 23.8. The molecule has 0 unspecified atom stereocenters. The van der Waals surface area contributed by atoms with E-state index in [-0.39, 0.29) is 24.1 Å². The van der Waals surface area contributed by atoms with Crippen LogP contribution in [0.3, 0.4) is 0 Å². The van der Waals surface area contributed by atoms with Crippen molar-refractivity contribution in [2.45, 2.75) is 12.8 Å². The molecule has 0 aliphatic rings. The van der Waals surface area contributed by atoms with E-state index in [1.165, 1.54) is 26.4 Å². The maximum absolute atomic E-state index is 13.0. The molecule has 0 aliphatic carbocycles. The molecule has 160 valence electrons. The second-order valence-corrected chi connectivity index (χ2v) is 6.75. The zero-order valence-electron chi connectivity index (χ0n) is 17.3. The Morgan fingerprint density at radius 2 is 1.42 bits per heavy atom. The summed E-state index contributed by atoms with van der Waals surface area (Å²) in [4.78, 5) is 24.9. The van der Waals surface area contributed by atoms with E-state index >= 15 is 0 Å². The zero-order valence-corrected chi connectivity index (χ0v) is 17.3. The summed E-state index contributed by atoms with van der Waals surface area (Å²) >= 11 is 0. The van der Waals surface area contributed by atoms with Gasteiger partial charge in [-0.1, -0.05) is 30.3 Å². The minimum Gasteiger partial charge on any atom is -0.494 e. The van der Waals surface area contributed by atoms with E-state index in [2.05, 4.69) is 10.6 Å². The minimum atomic E-state index is -0.315. The second-order valence-electron chi connectivity index (χ2n) is 6.75. The van der Waals surface area contributed by atoms with Crippen molar-refractivity contribution >= 4 is 23.2 Å². The zero-order chi connectivity index (χ0) is 22.2. The van der Waals surface area contributed by atoms with Crippen LogP contribution in [0.25, 0.3) is 0 Å². The first-order valence-electron chi connectivity index (χ1n) is 9.67. The number of hydrogen-bond donors (Lipinski definition) is 2. The lowest BCUT2D eigenvalue weighted by atomic mass is 10.1. The lowest BCUT2D eigenvalue weighted by molar-refractivity contribution is -0.116. The number of ether oxygens (including phenoxy) is 2. The standard InChI is InChI=1S/C24H23FN2O4/c1-30-21-15-20(27-24(29)17-6-4-3-5-7-17)22(31-2)14-19(21)26-23(28)13-10-16-8-11-18(25)12-9-16/h3-9,11-12,14-15H,10,13H2,1-2H3,(H,26,28)(H,27,29). The summed E-state index contributed by atoms with van der Waals surface area (Å²) in [5.74, 6) is -0.0922. The first-order chi connectivity index (χ1) is 15.0. The van der Waals surface area contributed by atoms with Crippen molar-refractivity contribution in [2.75, 3.05) is 24.9 Å². The molecular weight excluding hydrogens is 399 g/mol. The number of rotatable bonds is 8. The predicted octanol–water partition coefficient (Wildman–Crippen LogP) is 4.67. The van der Waals surface area contributed by atoms with Crippen molar-refractivity contribution in [1.29, 1.82) is 0 Å². The molecule has 3 aromatic carbocycles. The minimum absolute atomic E-state index is 0.212. The molecule has 0 radical (unpaired) electrons. The topological polar surface area (TPSA) is 76.7 Å². The summed E-state index contributed by atoms with van der Waals surface area (Å²) in [5.41, 5.74) is 2.19. The number of amides is 2. The summed E-state index contributed by atoms with van der Waals surface area (Å²) in [5, 5.41) is 5.60. The number of halogens is 1. The van der Waals surface area contributed by atoms with E-state index in [0.29, 0.717) is 34.9 Å². The number of benzene rings is 3. The van der Waals surface area contributed by atoms with Gasteiger partial charge in [-0.25, -0.2) is 4.39 Å². The van der Waals surface area contributed by atoms with Gasteiger partial charge in [-0.3, -0.25) is 9.59 Å². The van der Waals surface area contributed by atoms with Crippen LogP contribution in [0.4, 0.5) is 15.8 Å². The van der Waals surface area contributed by atoms with E-state index in [9.17, 15) is 14.0 Å². The van der Waals surface area contributed by atoms with Gasteiger partial charge in [-0.15, -0.1) is 0 Å². The molecule has 31 heavy (non-hydrogen) atoms. The number of hydrogen-bond acceptors (Lipinski definition) is 4. The van der Waals surface area contributed by atoms with Crippen LogP contribution in [0.2, 0.25) is 0 Å². The summed E-state index contributed by atoms with van der Waals surface area (Å²) in [6, 6.07) is 18.0. The molecule has 6 nitrogen and oxygen atoms in total. The van der Waals surface area contributed by atoms with Gasteiger partial charge in [-0.05, 0) is 36.2 Å². The van der Waals surface area contributed by atoms with Crippen molar-refractivity contribution in [1.82, 2.24) is 0 Å². The Bertz CT molecular complexity index is 1050.